The van der Waals surface area contributed by atoms with Gasteiger partial charge in [-0.25, -0.2) is 4.79 Å². The SMILES string of the molecule is COc1ccc(C(=O)OCC(=O)N2CC(=O)Nc3ccccc32)c(OC)c1. The van der Waals surface area contributed by atoms with Crippen molar-refractivity contribution in [3.8, 4) is 11.5 Å². The Bertz CT molecular complexity index is 896. The molecular weight excluding hydrogens is 352 g/mol. The molecule has 0 unspecified atom stereocenters. The monoisotopic (exact) mass is 370 g/mol. The summed E-state index contributed by atoms with van der Waals surface area (Å²) in [5, 5.41) is 2.69. The van der Waals surface area contributed by atoms with E-state index in [1.165, 1.54) is 25.2 Å². The maximum absolute atomic E-state index is 12.5. The highest BCUT2D eigenvalue weighted by atomic mass is 16.5. The molecule has 0 spiro atoms. The Labute approximate surface area is 155 Å². The number of hydrogen-bond donors (Lipinski definition) is 1. The van der Waals surface area contributed by atoms with Gasteiger partial charge in [-0.2, -0.15) is 0 Å². The third-order valence-electron chi connectivity index (χ3n) is 4.03. The first-order valence-corrected chi connectivity index (χ1v) is 8.12. The van der Waals surface area contributed by atoms with Gasteiger partial charge in [0.2, 0.25) is 5.91 Å². The van der Waals surface area contributed by atoms with Gasteiger partial charge in [-0.1, -0.05) is 12.1 Å². The fraction of sp³-hybridized carbons (Fsp3) is 0.211. The van der Waals surface area contributed by atoms with Crippen molar-refractivity contribution in [2.75, 3.05) is 37.6 Å². The lowest BCUT2D eigenvalue weighted by molar-refractivity contribution is -0.124. The van der Waals surface area contributed by atoms with Gasteiger partial charge in [0.15, 0.2) is 6.61 Å². The molecule has 0 aromatic heterocycles. The number of carbonyl (C=O) groups excluding carboxylic acids is 3. The van der Waals surface area contributed by atoms with E-state index < -0.39 is 18.5 Å². The summed E-state index contributed by atoms with van der Waals surface area (Å²) >= 11 is 0. The van der Waals surface area contributed by atoms with E-state index in [0.29, 0.717) is 17.1 Å². The highest BCUT2D eigenvalue weighted by molar-refractivity contribution is 6.10. The highest BCUT2D eigenvalue weighted by Crippen LogP contribution is 2.29. The Morgan fingerprint density at radius 3 is 2.63 bits per heavy atom. The molecule has 0 saturated heterocycles. The third kappa shape index (κ3) is 3.84. The van der Waals surface area contributed by atoms with Crippen LogP contribution in [0.1, 0.15) is 10.4 Å². The lowest BCUT2D eigenvalue weighted by Gasteiger charge is -2.28. The summed E-state index contributed by atoms with van der Waals surface area (Å²) in [6.07, 6.45) is 0. The van der Waals surface area contributed by atoms with Gasteiger partial charge in [0.25, 0.3) is 5.91 Å². The van der Waals surface area contributed by atoms with Gasteiger partial charge in [0.05, 0.1) is 25.6 Å². The van der Waals surface area contributed by atoms with Crippen LogP contribution < -0.4 is 19.7 Å². The van der Waals surface area contributed by atoms with E-state index in [9.17, 15) is 14.4 Å². The molecule has 2 amide bonds. The maximum atomic E-state index is 12.5. The van der Waals surface area contributed by atoms with Crippen molar-refractivity contribution in [3.63, 3.8) is 0 Å². The highest BCUT2D eigenvalue weighted by Gasteiger charge is 2.27. The van der Waals surface area contributed by atoms with Crippen LogP contribution in [0.2, 0.25) is 0 Å². The van der Waals surface area contributed by atoms with Crippen molar-refractivity contribution in [1.29, 1.82) is 0 Å². The molecule has 2 aromatic carbocycles. The molecule has 1 aliphatic rings. The smallest absolute Gasteiger partial charge is 0.342 e. The second-order valence-electron chi connectivity index (χ2n) is 5.69. The Hall–Kier alpha value is -3.55. The zero-order valence-electron chi connectivity index (χ0n) is 14.9. The minimum atomic E-state index is -0.711. The van der Waals surface area contributed by atoms with Gasteiger partial charge < -0.3 is 19.5 Å². The lowest BCUT2D eigenvalue weighted by atomic mass is 10.2. The topological polar surface area (TPSA) is 94.2 Å². The maximum Gasteiger partial charge on any atom is 0.342 e. The van der Waals surface area contributed by atoms with Crippen LogP contribution in [0.5, 0.6) is 11.5 Å². The number of anilines is 2. The molecule has 1 N–H and O–H groups in total. The minimum absolute atomic E-state index is 0.140. The molecule has 27 heavy (non-hydrogen) atoms. The number of hydrogen-bond acceptors (Lipinski definition) is 6. The summed E-state index contributed by atoms with van der Waals surface area (Å²) in [7, 11) is 2.91. The Morgan fingerprint density at radius 1 is 1.11 bits per heavy atom. The van der Waals surface area contributed by atoms with E-state index in [-0.39, 0.29) is 23.8 Å². The quantitative estimate of drug-likeness (QED) is 0.807. The minimum Gasteiger partial charge on any atom is -0.497 e. The number of benzene rings is 2. The molecule has 0 atom stereocenters. The van der Waals surface area contributed by atoms with Crippen LogP contribution in [0.25, 0.3) is 0 Å². The molecule has 2 aromatic rings. The normalized spacial score (nSPS) is 12.7. The molecule has 0 saturated carbocycles. The number of para-hydroxylation sites is 2. The van der Waals surface area contributed by atoms with Crippen molar-refractivity contribution in [1.82, 2.24) is 0 Å². The number of nitrogens with one attached hydrogen (secondary N) is 1. The van der Waals surface area contributed by atoms with Gasteiger partial charge in [-0.05, 0) is 24.3 Å². The van der Waals surface area contributed by atoms with Crippen LogP contribution in [-0.2, 0) is 14.3 Å². The average Bonchev–Trinajstić information content (AvgIpc) is 2.70. The Morgan fingerprint density at radius 2 is 1.89 bits per heavy atom. The van der Waals surface area contributed by atoms with Crippen LogP contribution >= 0.6 is 0 Å². The van der Waals surface area contributed by atoms with Crippen LogP contribution in [0.4, 0.5) is 11.4 Å². The van der Waals surface area contributed by atoms with Crippen molar-refractivity contribution in [2.45, 2.75) is 0 Å². The molecule has 0 radical (unpaired) electrons. The number of methoxy groups -OCH3 is 2. The van der Waals surface area contributed by atoms with Gasteiger partial charge in [0.1, 0.15) is 23.6 Å². The summed E-state index contributed by atoms with van der Waals surface area (Å²) in [4.78, 5) is 37.9. The van der Waals surface area contributed by atoms with E-state index in [0.717, 1.165) is 0 Å². The lowest BCUT2D eigenvalue weighted by Crippen LogP contribution is -2.44. The van der Waals surface area contributed by atoms with Gasteiger partial charge in [-0.3, -0.25) is 14.5 Å². The van der Waals surface area contributed by atoms with Crippen LogP contribution in [-0.4, -0.2) is 45.2 Å². The number of esters is 1. The first-order valence-electron chi connectivity index (χ1n) is 8.12. The number of fused-ring (bicyclic) bond motifs is 1. The molecule has 0 bridgehead atoms. The second kappa shape index (κ2) is 7.77. The summed E-state index contributed by atoms with van der Waals surface area (Å²) in [6.45, 7) is -0.644. The molecule has 0 fully saturated rings. The predicted octanol–water partition coefficient (Wildman–Crippen LogP) is 1.85. The first-order chi connectivity index (χ1) is 13.0. The number of nitrogens with zero attached hydrogens (tertiary/aromatic N) is 1. The third-order valence-corrected chi connectivity index (χ3v) is 4.03. The van der Waals surface area contributed by atoms with E-state index in [1.807, 2.05) is 0 Å². The zero-order valence-corrected chi connectivity index (χ0v) is 14.9. The van der Waals surface area contributed by atoms with E-state index in [4.69, 9.17) is 14.2 Å². The Balaban J connectivity index is 1.71. The zero-order chi connectivity index (χ0) is 19.4. The van der Waals surface area contributed by atoms with Crippen molar-refractivity contribution in [2.24, 2.45) is 0 Å². The molecular formula is C19H18N2O6. The number of amides is 2. The standard InChI is InChI=1S/C19H18N2O6/c1-25-12-7-8-13(16(9-12)26-2)19(24)27-11-18(23)21-10-17(22)20-14-5-3-4-6-15(14)21/h3-9H,10-11H2,1-2H3,(H,20,22). The number of ether oxygens (including phenoxy) is 3. The van der Waals surface area contributed by atoms with E-state index in [1.54, 1.807) is 36.4 Å². The molecule has 1 heterocycles. The number of rotatable bonds is 5. The van der Waals surface area contributed by atoms with Crippen molar-refractivity contribution in [3.05, 3.63) is 48.0 Å². The first kappa shape index (κ1) is 18.2. The molecule has 8 heteroatoms. The fourth-order valence-electron chi connectivity index (χ4n) is 2.71. The molecule has 140 valence electrons. The van der Waals surface area contributed by atoms with Crippen molar-refractivity contribution < 1.29 is 28.6 Å². The Kier molecular flexibility index (Phi) is 5.25. The van der Waals surface area contributed by atoms with Crippen LogP contribution in [0.3, 0.4) is 0 Å². The fourth-order valence-corrected chi connectivity index (χ4v) is 2.71. The number of carbonyl (C=O) groups is 3. The second-order valence-corrected chi connectivity index (χ2v) is 5.69. The largest absolute Gasteiger partial charge is 0.497 e. The van der Waals surface area contributed by atoms with Crippen LogP contribution in [0, 0.1) is 0 Å². The summed E-state index contributed by atoms with van der Waals surface area (Å²) < 4.78 is 15.4. The molecule has 8 nitrogen and oxygen atoms in total. The molecule has 3 rings (SSSR count). The van der Waals surface area contributed by atoms with E-state index >= 15 is 0 Å². The van der Waals surface area contributed by atoms with Crippen molar-refractivity contribution >= 4 is 29.2 Å². The summed E-state index contributed by atoms with van der Waals surface area (Å²) in [5.74, 6) is -0.731. The van der Waals surface area contributed by atoms with Gasteiger partial charge in [-0.15, -0.1) is 0 Å². The van der Waals surface area contributed by atoms with Crippen LogP contribution in [0.15, 0.2) is 42.5 Å². The van der Waals surface area contributed by atoms with E-state index in [2.05, 4.69) is 5.32 Å². The average molecular weight is 370 g/mol. The summed E-state index contributed by atoms with van der Waals surface area (Å²) in [5.41, 5.74) is 1.26. The molecule has 0 aliphatic carbocycles. The van der Waals surface area contributed by atoms with Gasteiger partial charge in [0, 0.05) is 6.07 Å². The summed E-state index contributed by atoms with van der Waals surface area (Å²) in [6, 6.07) is 11.5. The van der Waals surface area contributed by atoms with Gasteiger partial charge >= 0.3 is 5.97 Å². The predicted molar refractivity (Wildman–Crippen MR) is 97.3 cm³/mol. The molecule has 1 aliphatic heterocycles.